The summed E-state index contributed by atoms with van der Waals surface area (Å²) in [5.41, 5.74) is 1.93. The van der Waals surface area contributed by atoms with E-state index in [0.29, 0.717) is 23.1 Å². The summed E-state index contributed by atoms with van der Waals surface area (Å²) in [4.78, 5) is 11.9. The number of carbonyl (C=O) groups is 1. The first-order valence-corrected chi connectivity index (χ1v) is 7.25. The first-order chi connectivity index (χ1) is 10.6. The van der Waals surface area contributed by atoms with Gasteiger partial charge in [0.1, 0.15) is 11.5 Å². The van der Waals surface area contributed by atoms with Gasteiger partial charge in [0.25, 0.3) is 5.91 Å². The molecule has 22 heavy (non-hydrogen) atoms. The first-order valence-electron chi connectivity index (χ1n) is 7.25. The standard InChI is InChI=1S/C18H21NO3/c1-13(2)14-7-9-16(10-8-14)22-12-18(20)19-15-5-4-6-17(11-15)21-3/h4-11,13H,12H2,1-3H3,(H,19,20). The number of methoxy groups -OCH3 is 1. The van der Waals surface area contributed by atoms with Crippen LogP contribution in [0.2, 0.25) is 0 Å². The van der Waals surface area contributed by atoms with Crippen LogP contribution in [-0.2, 0) is 4.79 Å². The molecular weight excluding hydrogens is 278 g/mol. The van der Waals surface area contributed by atoms with Crippen LogP contribution in [0, 0.1) is 0 Å². The maximum atomic E-state index is 11.9. The molecule has 0 aromatic heterocycles. The highest BCUT2D eigenvalue weighted by Gasteiger charge is 2.05. The third-order valence-electron chi connectivity index (χ3n) is 3.27. The highest BCUT2D eigenvalue weighted by molar-refractivity contribution is 5.92. The topological polar surface area (TPSA) is 47.6 Å². The van der Waals surface area contributed by atoms with Gasteiger partial charge in [-0.2, -0.15) is 0 Å². The monoisotopic (exact) mass is 299 g/mol. The van der Waals surface area contributed by atoms with Gasteiger partial charge in [-0.3, -0.25) is 4.79 Å². The molecule has 0 fully saturated rings. The zero-order valence-electron chi connectivity index (χ0n) is 13.1. The van der Waals surface area contributed by atoms with E-state index in [0.717, 1.165) is 0 Å². The van der Waals surface area contributed by atoms with E-state index in [2.05, 4.69) is 19.2 Å². The molecule has 2 rings (SSSR count). The fourth-order valence-electron chi connectivity index (χ4n) is 2.00. The molecule has 1 amide bonds. The molecule has 0 spiro atoms. The normalized spacial score (nSPS) is 10.4. The van der Waals surface area contributed by atoms with Crippen molar-refractivity contribution in [3.63, 3.8) is 0 Å². The van der Waals surface area contributed by atoms with Crippen LogP contribution >= 0.6 is 0 Å². The Balaban J connectivity index is 1.87. The lowest BCUT2D eigenvalue weighted by Crippen LogP contribution is -2.20. The predicted octanol–water partition coefficient (Wildman–Crippen LogP) is 3.84. The number of amides is 1. The second-order valence-electron chi connectivity index (χ2n) is 5.29. The summed E-state index contributed by atoms with van der Waals surface area (Å²) in [6.45, 7) is 4.24. The van der Waals surface area contributed by atoms with Gasteiger partial charge < -0.3 is 14.8 Å². The smallest absolute Gasteiger partial charge is 0.262 e. The Bertz CT molecular complexity index is 620. The summed E-state index contributed by atoms with van der Waals surface area (Å²) < 4.78 is 10.6. The average Bonchev–Trinajstić information content (AvgIpc) is 2.53. The number of nitrogens with one attached hydrogen (secondary N) is 1. The van der Waals surface area contributed by atoms with Crippen LogP contribution < -0.4 is 14.8 Å². The Hall–Kier alpha value is -2.49. The summed E-state index contributed by atoms with van der Waals surface area (Å²) in [7, 11) is 1.59. The Morgan fingerprint density at radius 2 is 1.82 bits per heavy atom. The van der Waals surface area contributed by atoms with Gasteiger partial charge in [-0.15, -0.1) is 0 Å². The second-order valence-corrected chi connectivity index (χ2v) is 5.29. The van der Waals surface area contributed by atoms with E-state index in [9.17, 15) is 4.79 Å². The number of carbonyl (C=O) groups excluding carboxylic acids is 1. The molecular formula is C18H21NO3. The molecule has 2 aromatic rings. The minimum absolute atomic E-state index is 0.0295. The fraction of sp³-hybridized carbons (Fsp3) is 0.278. The Morgan fingerprint density at radius 3 is 2.45 bits per heavy atom. The summed E-state index contributed by atoms with van der Waals surface area (Å²) in [6.07, 6.45) is 0. The lowest BCUT2D eigenvalue weighted by Gasteiger charge is -2.10. The Labute approximate surface area is 131 Å². The third-order valence-corrected chi connectivity index (χ3v) is 3.27. The zero-order valence-corrected chi connectivity index (χ0v) is 13.1. The van der Waals surface area contributed by atoms with Gasteiger partial charge in [0.05, 0.1) is 7.11 Å². The van der Waals surface area contributed by atoms with Crippen molar-refractivity contribution in [1.82, 2.24) is 0 Å². The lowest BCUT2D eigenvalue weighted by atomic mass is 10.0. The van der Waals surface area contributed by atoms with Crippen molar-refractivity contribution in [3.05, 3.63) is 54.1 Å². The van der Waals surface area contributed by atoms with Gasteiger partial charge in [0, 0.05) is 11.8 Å². The molecule has 4 heteroatoms. The third kappa shape index (κ3) is 4.52. The van der Waals surface area contributed by atoms with Gasteiger partial charge in [0.15, 0.2) is 6.61 Å². The van der Waals surface area contributed by atoms with Crippen molar-refractivity contribution >= 4 is 11.6 Å². The molecule has 0 unspecified atom stereocenters. The van der Waals surface area contributed by atoms with Gasteiger partial charge in [-0.05, 0) is 35.7 Å². The first kappa shape index (κ1) is 15.9. The minimum Gasteiger partial charge on any atom is -0.497 e. The summed E-state index contributed by atoms with van der Waals surface area (Å²) in [5.74, 6) is 1.65. The predicted molar refractivity (Wildman–Crippen MR) is 87.6 cm³/mol. The average molecular weight is 299 g/mol. The van der Waals surface area contributed by atoms with Gasteiger partial charge in [-0.1, -0.05) is 32.0 Å². The molecule has 0 heterocycles. The van der Waals surface area contributed by atoms with E-state index in [1.807, 2.05) is 36.4 Å². The van der Waals surface area contributed by atoms with Crippen molar-refractivity contribution < 1.29 is 14.3 Å². The van der Waals surface area contributed by atoms with E-state index < -0.39 is 0 Å². The van der Waals surface area contributed by atoms with Crippen LogP contribution in [0.15, 0.2) is 48.5 Å². The van der Waals surface area contributed by atoms with E-state index in [4.69, 9.17) is 9.47 Å². The van der Waals surface area contributed by atoms with Crippen LogP contribution in [0.25, 0.3) is 0 Å². The molecule has 0 atom stereocenters. The number of rotatable bonds is 6. The molecule has 0 aliphatic carbocycles. The van der Waals surface area contributed by atoms with Crippen molar-refractivity contribution in [1.29, 1.82) is 0 Å². The molecule has 0 aliphatic heterocycles. The molecule has 0 radical (unpaired) electrons. The quantitative estimate of drug-likeness (QED) is 0.881. The number of anilines is 1. The number of hydrogen-bond acceptors (Lipinski definition) is 3. The van der Waals surface area contributed by atoms with Crippen LogP contribution in [0.1, 0.15) is 25.3 Å². The van der Waals surface area contributed by atoms with Crippen LogP contribution in [-0.4, -0.2) is 19.6 Å². The summed E-state index contributed by atoms with van der Waals surface area (Å²) in [5, 5.41) is 2.77. The second kappa shape index (κ2) is 7.50. The summed E-state index contributed by atoms with van der Waals surface area (Å²) in [6, 6.07) is 15.0. The molecule has 4 nitrogen and oxygen atoms in total. The van der Waals surface area contributed by atoms with Crippen molar-refractivity contribution in [3.8, 4) is 11.5 Å². The van der Waals surface area contributed by atoms with Gasteiger partial charge in [0.2, 0.25) is 0 Å². The summed E-state index contributed by atoms with van der Waals surface area (Å²) >= 11 is 0. The molecule has 0 saturated carbocycles. The number of benzene rings is 2. The van der Waals surface area contributed by atoms with E-state index in [1.165, 1.54) is 5.56 Å². The molecule has 116 valence electrons. The maximum absolute atomic E-state index is 11.9. The lowest BCUT2D eigenvalue weighted by molar-refractivity contribution is -0.118. The van der Waals surface area contributed by atoms with Gasteiger partial charge in [-0.25, -0.2) is 0 Å². The number of hydrogen-bond donors (Lipinski definition) is 1. The maximum Gasteiger partial charge on any atom is 0.262 e. The van der Waals surface area contributed by atoms with E-state index in [1.54, 1.807) is 19.2 Å². The highest BCUT2D eigenvalue weighted by atomic mass is 16.5. The molecule has 0 aliphatic rings. The van der Waals surface area contributed by atoms with Gasteiger partial charge >= 0.3 is 0 Å². The number of ether oxygens (including phenoxy) is 2. The SMILES string of the molecule is COc1cccc(NC(=O)COc2ccc(C(C)C)cc2)c1. The Morgan fingerprint density at radius 1 is 1.09 bits per heavy atom. The largest absolute Gasteiger partial charge is 0.497 e. The van der Waals surface area contributed by atoms with Crippen LogP contribution in [0.5, 0.6) is 11.5 Å². The highest BCUT2D eigenvalue weighted by Crippen LogP contribution is 2.19. The Kier molecular flexibility index (Phi) is 5.42. The fourth-order valence-corrected chi connectivity index (χ4v) is 2.00. The minimum atomic E-state index is -0.207. The molecule has 1 N–H and O–H groups in total. The van der Waals surface area contributed by atoms with Crippen molar-refractivity contribution in [2.24, 2.45) is 0 Å². The molecule has 2 aromatic carbocycles. The van der Waals surface area contributed by atoms with Crippen molar-refractivity contribution in [2.45, 2.75) is 19.8 Å². The van der Waals surface area contributed by atoms with Crippen molar-refractivity contribution in [2.75, 3.05) is 19.0 Å². The van der Waals surface area contributed by atoms with Crippen LogP contribution in [0.4, 0.5) is 5.69 Å². The molecule has 0 saturated heterocycles. The van der Waals surface area contributed by atoms with E-state index >= 15 is 0 Å². The molecule has 0 bridgehead atoms. The van der Waals surface area contributed by atoms with Crippen LogP contribution in [0.3, 0.4) is 0 Å². The zero-order chi connectivity index (χ0) is 15.9. The van der Waals surface area contributed by atoms with E-state index in [-0.39, 0.29) is 12.5 Å².